The summed E-state index contributed by atoms with van der Waals surface area (Å²) in [6.07, 6.45) is 7.09. The highest BCUT2D eigenvalue weighted by molar-refractivity contribution is 5.79. The monoisotopic (exact) mass is 345 g/mol. The number of ether oxygens (including phenoxy) is 2. The van der Waals surface area contributed by atoms with Crippen molar-refractivity contribution in [3.8, 4) is 11.5 Å². The second kappa shape index (κ2) is 7.65. The molecule has 0 saturated carbocycles. The Morgan fingerprint density at radius 1 is 1.08 bits per heavy atom. The van der Waals surface area contributed by atoms with Crippen LogP contribution in [0.5, 0.6) is 11.5 Å². The van der Waals surface area contributed by atoms with Crippen molar-refractivity contribution < 1.29 is 19.2 Å². The van der Waals surface area contributed by atoms with E-state index < -0.39 is 0 Å². The number of amides is 1. The summed E-state index contributed by atoms with van der Waals surface area (Å²) in [6.45, 7) is 5.32. The zero-order valence-electron chi connectivity index (χ0n) is 15.0. The van der Waals surface area contributed by atoms with Crippen LogP contribution >= 0.6 is 0 Å². The molecule has 2 saturated heterocycles. The zero-order chi connectivity index (χ0) is 17.1. The number of piperidine rings is 1. The van der Waals surface area contributed by atoms with Gasteiger partial charge in [0.25, 0.3) is 0 Å². The number of quaternary nitrogens is 1. The second-order valence-corrected chi connectivity index (χ2v) is 7.65. The minimum absolute atomic E-state index is 0.205. The molecule has 5 nitrogen and oxygen atoms in total. The summed E-state index contributed by atoms with van der Waals surface area (Å²) in [4.78, 5) is 16.6. The molecule has 0 spiro atoms. The molecule has 0 aromatic heterocycles. The Morgan fingerprint density at radius 3 is 2.72 bits per heavy atom. The van der Waals surface area contributed by atoms with Crippen LogP contribution in [0.4, 0.5) is 0 Å². The maximum absolute atomic E-state index is 12.9. The van der Waals surface area contributed by atoms with Crippen LogP contribution in [0, 0.1) is 5.92 Å². The summed E-state index contributed by atoms with van der Waals surface area (Å²) in [5.74, 6) is 2.30. The van der Waals surface area contributed by atoms with E-state index in [1.807, 2.05) is 6.07 Å². The molecule has 3 aliphatic rings. The number of fused-ring (bicyclic) bond motifs is 1. The van der Waals surface area contributed by atoms with Crippen molar-refractivity contribution in [2.45, 2.75) is 45.1 Å². The molecule has 3 heterocycles. The first-order valence-corrected chi connectivity index (χ1v) is 9.80. The van der Waals surface area contributed by atoms with Crippen molar-refractivity contribution >= 4 is 5.91 Å². The first kappa shape index (κ1) is 16.7. The smallest absolute Gasteiger partial charge is 0.231 e. The SMILES string of the molecule is O=C([C@@H]1CCC[NH+](Cc2ccc3c(c2)OCO3)C1)N1CCCCCC1. The van der Waals surface area contributed by atoms with Crippen molar-refractivity contribution in [1.82, 2.24) is 4.90 Å². The lowest BCUT2D eigenvalue weighted by atomic mass is 9.96. The van der Waals surface area contributed by atoms with Crippen molar-refractivity contribution in [3.63, 3.8) is 0 Å². The largest absolute Gasteiger partial charge is 0.454 e. The van der Waals surface area contributed by atoms with E-state index in [0.717, 1.165) is 57.1 Å². The van der Waals surface area contributed by atoms with E-state index in [-0.39, 0.29) is 5.92 Å². The van der Waals surface area contributed by atoms with Gasteiger partial charge in [0.1, 0.15) is 6.54 Å². The van der Waals surface area contributed by atoms with Gasteiger partial charge in [-0.1, -0.05) is 12.8 Å². The Morgan fingerprint density at radius 2 is 1.88 bits per heavy atom. The van der Waals surface area contributed by atoms with Gasteiger partial charge in [-0.2, -0.15) is 0 Å². The third kappa shape index (κ3) is 3.92. The summed E-state index contributed by atoms with van der Waals surface area (Å²) >= 11 is 0. The Kier molecular flexibility index (Phi) is 5.11. The standard InChI is InChI=1S/C20H28N2O3/c23-20(22-10-3-1-2-4-11-22)17-6-5-9-21(14-17)13-16-7-8-18-19(12-16)25-15-24-18/h7-8,12,17H,1-6,9-11,13-15H2/p+1/t17-/m1/s1. The van der Waals surface area contributed by atoms with E-state index in [4.69, 9.17) is 9.47 Å². The topological polar surface area (TPSA) is 43.2 Å². The molecule has 1 aromatic rings. The summed E-state index contributed by atoms with van der Waals surface area (Å²) in [5.41, 5.74) is 1.27. The average Bonchev–Trinajstić information content (AvgIpc) is 2.93. The number of rotatable bonds is 3. The van der Waals surface area contributed by atoms with Gasteiger partial charge in [-0.05, 0) is 43.9 Å². The van der Waals surface area contributed by atoms with E-state index in [0.29, 0.717) is 12.7 Å². The van der Waals surface area contributed by atoms with Crippen LogP contribution in [0.1, 0.15) is 44.1 Å². The Balaban J connectivity index is 1.36. The Hall–Kier alpha value is -1.75. The highest BCUT2D eigenvalue weighted by atomic mass is 16.7. The first-order valence-electron chi connectivity index (χ1n) is 9.80. The highest BCUT2D eigenvalue weighted by Gasteiger charge is 2.32. The highest BCUT2D eigenvalue weighted by Crippen LogP contribution is 2.32. The zero-order valence-corrected chi connectivity index (χ0v) is 15.0. The Labute approximate surface area is 149 Å². The average molecular weight is 345 g/mol. The van der Waals surface area contributed by atoms with Crippen LogP contribution in [-0.4, -0.2) is 43.8 Å². The number of benzene rings is 1. The van der Waals surface area contributed by atoms with Gasteiger partial charge in [0.05, 0.1) is 19.0 Å². The van der Waals surface area contributed by atoms with Crippen LogP contribution < -0.4 is 14.4 Å². The fourth-order valence-electron chi connectivity index (χ4n) is 4.41. The quantitative estimate of drug-likeness (QED) is 0.905. The molecule has 1 N–H and O–H groups in total. The van der Waals surface area contributed by atoms with Gasteiger partial charge < -0.3 is 19.3 Å². The lowest BCUT2D eigenvalue weighted by molar-refractivity contribution is -0.921. The van der Waals surface area contributed by atoms with Crippen molar-refractivity contribution in [3.05, 3.63) is 23.8 Å². The molecule has 5 heteroatoms. The van der Waals surface area contributed by atoms with Gasteiger partial charge in [0, 0.05) is 18.7 Å². The Bertz CT molecular complexity index is 611. The number of likely N-dealkylation sites (tertiary alicyclic amines) is 2. The van der Waals surface area contributed by atoms with Gasteiger partial charge in [0.15, 0.2) is 11.5 Å². The first-order chi connectivity index (χ1) is 12.3. The van der Waals surface area contributed by atoms with Gasteiger partial charge in [-0.25, -0.2) is 0 Å². The molecule has 1 unspecified atom stereocenters. The molecular formula is C20H29N2O3+. The molecule has 2 atom stereocenters. The summed E-state index contributed by atoms with van der Waals surface area (Å²) in [7, 11) is 0. The fraction of sp³-hybridized carbons (Fsp3) is 0.650. The van der Waals surface area contributed by atoms with Gasteiger partial charge in [0.2, 0.25) is 12.7 Å². The predicted molar refractivity (Wildman–Crippen MR) is 94.7 cm³/mol. The molecule has 1 aromatic carbocycles. The van der Waals surface area contributed by atoms with E-state index in [9.17, 15) is 4.79 Å². The maximum atomic E-state index is 12.9. The summed E-state index contributed by atoms with van der Waals surface area (Å²) in [5, 5.41) is 0. The van der Waals surface area contributed by atoms with E-state index in [2.05, 4.69) is 17.0 Å². The van der Waals surface area contributed by atoms with Gasteiger partial charge in [-0.3, -0.25) is 4.79 Å². The molecule has 2 fully saturated rings. The third-order valence-electron chi connectivity index (χ3n) is 5.78. The van der Waals surface area contributed by atoms with Gasteiger partial charge >= 0.3 is 0 Å². The lowest BCUT2D eigenvalue weighted by Crippen LogP contribution is -3.12. The summed E-state index contributed by atoms with van der Waals surface area (Å²) < 4.78 is 10.9. The lowest BCUT2D eigenvalue weighted by Gasteiger charge is -2.32. The molecule has 136 valence electrons. The third-order valence-corrected chi connectivity index (χ3v) is 5.78. The molecule has 1 amide bonds. The van der Waals surface area contributed by atoms with Crippen molar-refractivity contribution in [1.29, 1.82) is 0 Å². The predicted octanol–water partition coefficient (Wildman–Crippen LogP) is 1.61. The maximum Gasteiger partial charge on any atom is 0.231 e. The number of nitrogens with zero attached hydrogens (tertiary/aromatic N) is 1. The molecular weight excluding hydrogens is 316 g/mol. The molecule has 25 heavy (non-hydrogen) atoms. The molecule has 0 bridgehead atoms. The number of carbonyl (C=O) groups excluding carboxylic acids is 1. The number of hydrogen-bond acceptors (Lipinski definition) is 3. The van der Waals surface area contributed by atoms with Crippen LogP contribution in [0.25, 0.3) is 0 Å². The van der Waals surface area contributed by atoms with E-state index >= 15 is 0 Å². The molecule has 0 aliphatic carbocycles. The molecule has 0 radical (unpaired) electrons. The van der Waals surface area contributed by atoms with Crippen LogP contribution in [-0.2, 0) is 11.3 Å². The van der Waals surface area contributed by atoms with E-state index in [1.165, 1.54) is 36.1 Å². The minimum Gasteiger partial charge on any atom is -0.454 e. The number of hydrogen-bond donors (Lipinski definition) is 1. The van der Waals surface area contributed by atoms with Crippen molar-refractivity contribution in [2.24, 2.45) is 5.92 Å². The fourth-order valence-corrected chi connectivity index (χ4v) is 4.41. The van der Waals surface area contributed by atoms with Gasteiger partial charge in [-0.15, -0.1) is 0 Å². The summed E-state index contributed by atoms with van der Waals surface area (Å²) in [6, 6.07) is 6.22. The normalized spacial score (nSPS) is 26.3. The number of nitrogens with one attached hydrogen (secondary N) is 1. The molecule has 3 aliphatic heterocycles. The van der Waals surface area contributed by atoms with Crippen LogP contribution in [0.3, 0.4) is 0 Å². The second-order valence-electron chi connectivity index (χ2n) is 7.65. The van der Waals surface area contributed by atoms with Crippen LogP contribution in [0.15, 0.2) is 18.2 Å². The minimum atomic E-state index is 0.205. The van der Waals surface area contributed by atoms with Crippen LogP contribution in [0.2, 0.25) is 0 Å². The van der Waals surface area contributed by atoms with Crippen molar-refractivity contribution in [2.75, 3.05) is 33.0 Å². The number of carbonyl (C=O) groups is 1. The van der Waals surface area contributed by atoms with E-state index in [1.54, 1.807) is 0 Å². The molecule has 4 rings (SSSR count).